The third-order valence-corrected chi connectivity index (χ3v) is 4.12. The summed E-state index contributed by atoms with van der Waals surface area (Å²) in [5.74, 6) is 0.824. The molecule has 0 unspecified atom stereocenters. The van der Waals surface area contributed by atoms with Gasteiger partial charge < -0.3 is 9.84 Å². The number of rotatable bonds is 7. The van der Waals surface area contributed by atoms with E-state index in [1.807, 2.05) is 0 Å². The van der Waals surface area contributed by atoms with Gasteiger partial charge >= 0.3 is 5.97 Å². The minimum atomic E-state index is -0.739. The Hall–Kier alpha value is -0.610. The fraction of sp³-hybridized carbons (Fsp3) is 0.929. The lowest BCUT2D eigenvalue weighted by Crippen LogP contribution is -2.43. The van der Waals surface area contributed by atoms with Gasteiger partial charge in [0, 0.05) is 19.7 Å². The summed E-state index contributed by atoms with van der Waals surface area (Å²) in [6.07, 6.45) is 4.70. The first kappa shape index (κ1) is 15.4. The van der Waals surface area contributed by atoms with Gasteiger partial charge in [-0.1, -0.05) is 13.8 Å². The van der Waals surface area contributed by atoms with Crippen molar-refractivity contribution >= 4 is 5.97 Å². The van der Waals surface area contributed by atoms with Crippen LogP contribution >= 0.6 is 0 Å². The molecular formula is C14H27NO3. The van der Waals surface area contributed by atoms with Crippen LogP contribution in [0.15, 0.2) is 0 Å². The number of carboxylic acids is 1. The minimum Gasteiger partial charge on any atom is -0.480 e. The molecule has 1 fully saturated rings. The molecule has 18 heavy (non-hydrogen) atoms. The largest absolute Gasteiger partial charge is 0.480 e. The summed E-state index contributed by atoms with van der Waals surface area (Å²) in [5, 5.41) is 8.97. The van der Waals surface area contributed by atoms with E-state index >= 15 is 0 Å². The van der Waals surface area contributed by atoms with Crippen LogP contribution < -0.4 is 0 Å². The zero-order chi connectivity index (χ0) is 13.5. The Bertz CT molecular complexity index is 247. The normalized spacial score (nSPS) is 24.7. The van der Waals surface area contributed by atoms with Crippen molar-refractivity contribution in [2.24, 2.45) is 11.8 Å². The lowest BCUT2D eigenvalue weighted by Gasteiger charge is -2.37. The molecule has 0 amide bonds. The minimum absolute atomic E-state index is 0.139. The number of carbonyl (C=O) groups is 1. The van der Waals surface area contributed by atoms with E-state index in [0.29, 0.717) is 12.6 Å². The van der Waals surface area contributed by atoms with Gasteiger partial charge in [0.1, 0.15) is 0 Å². The predicted molar refractivity (Wildman–Crippen MR) is 71.7 cm³/mol. The highest BCUT2D eigenvalue weighted by atomic mass is 16.5. The van der Waals surface area contributed by atoms with Crippen LogP contribution in [0.3, 0.4) is 0 Å². The van der Waals surface area contributed by atoms with Crippen molar-refractivity contribution in [2.75, 3.05) is 26.8 Å². The summed E-state index contributed by atoms with van der Waals surface area (Å²) in [6, 6.07) is 0.422. The lowest BCUT2D eigenvalue weighted by atomic mass is 9.79. The van der Waals surface area contributed by atoms with Crippen molar-refractivity contribution in [2.45, 2.75) is 45.6 Å². The quantitative estimate of drug-likeness (QED) is 0.760. The molecule has 0 spiro atoms. The monoisotopic (exact) mass is 257 g/mol. The van der Waals surface area contributed by atoms with Crippen LogP contribution in [0, 0.1) is 11.8 Å². The van der Waals surface area contributed by atoms with Crippen LogP contribution in [0.4, 0.5) is 0 Å². The Labute approximate surface area is 110 Å². The van der Waals surface area contributed by atoms with Gasteiger partial charge in [-0.25, -0.2) is 0 Å². The summed E-state index contributed by atoms with van der Waals surface area (Å²) in [5.41, 5.74) is 0. The summed E-state index contributed by atoms with van der Waals surface area (Å²) >= 11 is 0. The van der Waals surface area contributed by atoms with E-state index in [1.165, 1.54) is 12.8 Å². The maximum atomic E-state index is 10.9. The van der Waals surface area contributed by atoms with Crippen molar-refractivity contribution in [1.29, 1.82) is 0 Å². The Morgan fingerprint density at radius 1 is 1.33 bits per heavy atom. The first-order chi connectivity index (χ1) is 8.54. The summed E-state index contributed by atoms with van der Waals surface area (Å²) in [7, 11) is 1.66. The molecule has 0 aromatic rings. The number of nitrogens with zero attached hydrogens (tertiary/aromatic N) is 1. The predicted octanol–water partition coefficient (Wildman–Crippen LogP) is 2.23. The molecular weight excluding hydrogens is 230 g/mol. The highest BCUT2D eigenvalue weighted by Gasteiger charge is 2.27. The van der Waals surface area contributed by atoms with Gasteiger partial charge in [-0.05, 0) is 37.5 Å². The van der Waals surface area contributed by atoms with E-state index in [2.05, 4.69) is 18.7 Å². The summed E-state index contributed by atoms with van der Waals surface area (Å²) in [4.78, 5) is 13.0. The molecule has 1 aliphatic carbocycles. The van der Waals surface area contributed by atoms with Crippen molar-refractivity contribution in [1.82, 2.24) is 4.90 Å². The molecule has 0 aromatic carbocycles. The van der Waals surface area contributed by atoms with Gasteiger partial charge in [-0.15, -0.1) is 0 Å². The zero-order valence-electron chi connectivity index (χ0n) is 11.9. The highest BCUT2D eigenvalue weighted by molar-refractivity contribution is 5.69. The Kier molecular flexibility index (Phi) is 6.65. The van der Waals surface area contributed by atoms with E-state index in [-0.39, 0.29) is 6.54 Å². The molecule has 0 radical (unpaired) electrons. The summed E-state index contributed by atoms with van der Waals surface area (Å²) < 4.78 is 5.07. The molecule has 1 rings (SSSR count). The lowest BCUT2D eigenvalue weighted by molar-refractivity contribution is -0.139. The molecule has 0 saturated heterocycles. The van der Waals surface area contributed by atoms with Gasteiger partial charge in [-0.2, -0.15) is 0 Å². The molecule has 1 saturated carbocycles. The standard InChI is InChI=1S/C14H27NO3/c1-11(2)12-4-6-13(7-5-12)15(8-9-18-3)10-14(16)17/h11-13H,4-10H2,1-3H3,(H,16,17). The first-order valence-electron chi connectivity index (χ1n) is 6.99. The molecule has 0 aromatic heterocycles. The van der Waals surface area contributed by atoms with E-state index < -0.39 is 5.97 Å². The van der Waals surface area contributed by atoms with Crippen molar-refractivity contribution in [3.63, 3.8) is 0 Å². The number of ether oxygens (including phenoxy) is 1. The Balaban J connectivity index is 2.46. The van der Waals surface area contributed by atoms with Crippen molar-refractivity contribution in [3.8, 4) is 0 Å². The second-order valence-electron chi connectivity index (χ2n) is 5.67. The Morgan fingerprint density at radius 2 is 1.94 bits per heavy atom. The SMILES string of the molecule is COCCN(CC(=O)O)C1CCC(C(C)C)CC1. The van der Waals surface area contributed by atoms with Gasteiger partial charge in [0.05, 0.1) is 13.2 Å². The third-order valence-electron chi connectivity index (χ3n) is 4.12. The number of methoxy groups -OCH3 is 1. The Morgan fingerprint density at radius 3 is 2.39 bits per heavy atom. The van der Waals surface area contributed by atoms with Crippen LogP contribution in [0.2, 0.25) is 0 Å². The molecule has 0 atom stereocenters. The molecule has 0 heterocycles. The number of carboxylic acid groups (broad SMARTS) is 1. The van der Waals surface area contributed by atoms with Crippen LogP contribution in [-0.2, 0) is 9.53 Å². The average Bonchev–Trinajstić information content (AvgIpc) is 2.34. The fourth-order valence-electron chi connectivity index (χ4n) is 2.91. The maximum Gasteiger partial charge on any atom is 0.317 e. The molecule has 106 valence electrons. The number of aliphatic carboxylic acids is 1. The average molecular weight is 257 g/mol. The van der Waals surface area contributed by atoms with Crippen LogP contribution in [0.5, 0.6) is 0 Å². The second-order valence-corrected chi connectivity index (χ2v) is 5.67. The third kappa shape index (κ3) is 4.94. The second kappa shape index (κ2) is 7.74. The smallest absolute Gasteiger partial charge is 0.317 e. The molecule has 4 nitrogen and oxygen atoms in total. The highest BCUT2D eigenvalue weighted by Crippen LogP contribution is 2.32. The molecule has 4 heteroatoms. The van der Waals surface area contributed by atoms with E-state index in [4.69, 9.17) is 9.84 Å². The van der Waals surface area contributed by atoms with Crippen molar-refractivity contribution in [3.05, 3.63) is 0 Å². The van der Waals surface area contributed by atoms with Gasteiger partial charge in [0.25, 0.3) is 0 Å². The number of hydrogen-bond acceptors (Lipinski definition) is 3. The molecule has 1 N–H and O–H groups in total. The van der Waals surface area contributed by atoms with Crippen LogP contribution in [0.25, 0.3) is 0 Å². The van der Waals surface area contributed by atoms with E-state index in [1.54, 1.807) is 7.11 Å². The van der Waals surface area contributed by atoms with Gasteiger partial charge in [0.15, 0.2) is 0 Å². The van der Waals surface area contributed by atoms with Crippen LogP contribution in [-0.4, -0.2) is 48.8 Å². The first-order valence-corrected chi connectivity index (χ1v) is 6.99. The summed E-state index contributed by atoms with van der Waals surface area (Å²) in [6.45, 7) is 6.04. The number of hydrogen-bond donors (Lipinski definition) is 1. The maximum absolute atomic E-state index is 10.9. The molecule has 1 aliphatic rings. The van der Waals surface area contributed by atoms with Crippen LogP contribution in [0.1, 0.15) is 39.5 Å². The topological polar surface area (TPSA) is 49.8 Å². The molecule has 0 aliphatic heterocycles. The molecule has 0 bridgehead atoms. The van der Waals surface area contributed by atoms with Gasteiger partial charge in [-0.3, -0.25) is 9.69 Å². The zero-order valence-corrected chi connectivity index (χ0v) is 11.9. The fourth-order valence-corrected chi connectivity index (χ4v) is 2.91. The van der Waals surface area contributed by atoms with Crippen molar-refractivity contribution < 1.29 is 14.6 Å². The van der Waals surface area contributed by atoms with Gasteiger partial charge in [0.2, 0.25) is 0 Å². The van der Waals surface area contributed by atoms with E-state index in [9.17, 15) is 4.79 Å². The van der Waals surface area contributed by atoms with E-state index in [0.717, 1.165) is 31.2 Å².